The highest BCUT2D eigenvalue weighted by atomic mass is 35.5. The first-order chi connectivity index (χ1) is 7.08. The highest BCUT2D eigenvalue weighted by molar-refractivity contribution is 6.34. The Morgan fingerprint density at radius 2 is 2.20 bits per heavy atom. The molecule has 4 heteroatoms. The van der Waals surface area contributed by atoms with Gasteiger partial charge in [-0.1, -0.05) is 25.4 Å². The van der Waals surface area contributed by atoms with Crippen LogP contribution in [0.2, 0.25) is 5.15 Å². The summed E-state index contributed by atoms with van der Waals surface area (Å²) in [6.07, 6.45) is 0. The minimum absolute atomic E-state index is 0.240. The van der Waals surface area contributed by atoms with Gasteiger partial charge in [-0.25, -0.2) is 0 Å². The zero-order chi connectivity index (χ0) is 11.0. The number of benzene rings is 1. The van der Waals surface area contributed by atoms with Gasteiger partial charge in [0, 0.05) is 18.0 Å². The molecule has 0 unspecified atom stereocenters. The largest absolute Gasteiger partial charge is 0.508 e. The molecule has 0 aliphatic heterocycles. The Balaban J connectivity index is 2.59. The number of fused-ring (bicyclic) bond motifs is 1. The standard InChI is InChI=1S/C11H13ClN2O/c1-7(2)6-14-10-5-8(15)3-4-9(10)11(12)13-14/h3-5,7,15H,6H2,1-2H3. The number of nitrogens with zero attached hydrogens (tertiary/aromatic N) is 2. The van der Waals surface area contributed by atoms with Gasteiger partial charge in [-0.2, -0.15) is 5.10 Å². The Kier molecular flexibility index (Phi) is 2.57. The van der Waals surface area contributed by atoms with Crippen molar-refractivity contribution in [1.29, 1.82) is 0 Å². The topological polar surface area (TPSA) is 38.0 Å². The second-order valence-corrected chi connectivity index (χ2v) is 4.43. The van der Waals surface area contributed by atoms with Crippen molar-refractivity contribution in [3.05, 3.63) is 23.4 Å². The first-order valence-corrected chi connectivity index (χ1v) is 5.30. The van der Waals surface area contributed by atoms with Crippen molar-refractivity contribution < 1.29 is 5.11 Å². The summed E-state index contributed by atoms with van der Waals surface area (Å²) < 4.78 is 1.84. The molecule has 0 spiro atoms. The van der Waals surface area contributed by atoms with Crippen molar-refractivity contribution in [2.75, 3.05) is 0 Å². The molecule has 0 radical (unpaired) electrons. The number of aromatic hydroxyl groups is 1. The van der Waals surface area contributed by atoms with E-state index in [9.17, 15) is 5.11 Å². The molecule has 1 aromatic carbocycles. The third-order valence-electron chi connectivity index (χ3n) is 2.23. The van der Waals surface area contributed by atoms with E-state index in [-0.39, 0.29) is 5.75 Å². The Hall–Kier alpha value is -1.22. The molecule has 0 saturated heterocycles. The zero-order valence-corrected chi connectivity index (χ0v) is 9.49. The van der Waals surface area contributed by atoms with Crippen LogP contribution in [-0.4, -0.2) is 14.9 Å². The Morgan fingerprint density at radius 3 is 2.87 bits per heavy atom. The molecule has 0 aliphatic rings. The number of phenols is 1. The molecule has 0 fully saturated rings. The average Bonchev–Trinajstić information content (AvgIpc) is 2.42. The van der Waals surface area contributed by atoms with Gasteiger partial charge in [0.2, 0.25) is 0 Å². The lowest BCUT2D eigenvalue weighted by Gasteiger charge is -2.06. The number of rotatable bonds is 2. The van der Waals surface area contributed by atoms with Gasteiger partial charge in [-0.05, 0) is 18.1 Å². The minimum atomic E-state index is 0.240. The smallest absolute Gasteiger partial charge is 0.158 e. The molecule has 1 N–H and O–H groups in total. The minimum Gasteiger partial charge on any atom is -0.508 e. The fourth-order valence-corrected chi connectivity index (χ4v) is 1.86. The van der Waals surface area contributed by atoms with E-state index in [4.69, 9.17) is 11.6 Å². The summed E-state index contributed by atoms with van der Waals surface area (Å²) in [5, 5.41) is 15.0. The van der Waals surface area contributed by atoms with Crippen molar-refractivity contribution in [3.63, 3.8) is 0 Å². The SMILES string of the molecule is CC(C)Cn1nc(Cl)c2ccc(O)cc21. The van der Waals surface area contributed by atoms with E-state index in [0.717, 1.165) is 17.4 Å². The van der Waals surface area contributed by atoms with E-state index in [1.54, 1.807) is 18.2 Å². The van der Waals surface area contributed by atoms with Gasteiger partial charge in [0.1, 0.15) is 5.75 Å². The van der Waals surface area contributed by atoms with Gasteiger partial charge in [0.25, 0.3) is 0 Å². The number of hydrogen-bond donors (Lipinski definition) is 1. The van der Waals surface area contributed by atoms with Crippen LogP contribution < -0.4 is 0 Å². The average molecular weight is 225 g/mol. The van der Waals surface area contributed by atoms with E-state index < -0.39 is 0 Å². The quantitative estimate of drug-likeness (QED) is 0.852. The summed E-state index contributed by atoms with van der Waals surface area (Å²) in [5.74, 6) is 0.732. The maximum atomic E-state index is 9.41. The van der Waals surface area contributed by atoms with E-state index in [2.05, 4.69) is 18.9 Å². The van der Waals surface area contributed by atoms with E-state index >= 15 is 0 Å². The van der Waals surface area contributed by atoms with E-state index in [1.165, 1.54) is 0 Å². The van der Waals surface area contributed by atoms with Crippen LogP contribution in [-0.2, 0) is 6.54 Å². The summed E-state index contributed by atoms with van der Waals surface area (Å²) in [5.41, 5.74) is 0.883. The maximum Gasteiger partial charge on any atom is 0.158 e. The highest BCUT2D eigenvalue weighted by Crippen LogP contribution is 2.26. The molecular formula is C11H13ClN2O. The summed E-state index contributed by atoms with van der Waals surface area (Å²) in [6, 6.07) is 5.10. The van der Waals surface area contributed by atoms with E-state index in [0.29, 0.717) is 11.1 Å². The molecule has 0 amide bonds. The molecule has 1 heterocycles. The van der Waals surface area contributed by atoms with Crippen molar-refractivity contribution in [1.82, 2.24) is 9.78 Å². The number of aromatic nitrogens is 2. The fraction of sp³-hybridized carbons (Fsp3) is 0.364. The summed E-state index contributed by atoms with van der Waals surface area (Å²) in [7, 11) is 0. The molecule has 0 saturated carbocycles. The van der Waals surface area contributed by atoms with Crippen molar-refractivity contribution in [3.8, 4) is 5.75 Å². The third kappa shape index (κ3) is 1.92. The summed E-state index contributed by atoms with van der Waals surface area (Å²) >= 11 is 6.00. The summed E-state index contributed by atoms with van der Waals surface area (Å²) in [4.78, 5) is 0. The van der Waals surface area contributed by atoms with Crippen LogP contribution in [0.15, 0.2) is 18.2 Å². The van der Waals surface area contributed by atoms with Gasteiger partial charge in [-0.15, -0.1) is 0 Å². The predicted octanol–water partition coefficient (Wildman–Crippen LogP) is 3.05. The van der Waals surface area contributed by atoms with Gasteiger partial charge in [-0.3, -0.25) is 4.68 Å². The molecule has 0 aliphatic carbocycles. The van der Waals surface area contributed by atoms with Crippen molar-refractivity contribution >= 4 is 22.5 Å². The molecule has 0 bridgehead atoms. The van der Waals surface area contributed by atoms with Crippen LogP contribution in [0, 0.1) is 5.92 Å². The maximum absolute atomic E-state index is 9.41. The lowest BCUT2D eigenvalue weighted by atomic mass is 10.2. The number of phenolic OH excluding ortho intramolecular Hbond substituents is 1. The van der Waals surface area contributed by atoms with Gasteiger partial charge < -0.3 is 5.11 Å². The van der Waals surface area contributed by atoms with Gasteiger partial charge >= 0.3 is 0 Å². The Labute approximate surface area is 93.3 Å². The van der Waals surface area contributed by atoms with Crippen LogP contribution in [0.1, 0.15) is 13.8 Å². The normalized spacial score (nSPS) is 11.5. The number of halogens is 1. The second-order valence-electron chi connectivity index (χ2n) is 4.07. The van der Waals surface area contributed by atoms with Crippen molar-refractivity contribution in [2.24, 2.45) is 5.92 Å². The van der Waals surface area contributed by atoms with Gasteiger partial charge in [0.15, 0.2) is 5.15 Å². The summed E-state index contributed by atoms with van der Waals surface area (Å²) in [6.45, 7) is 5.03. The molecular weight excluding hydrogens is 212 g/mol. The lowest BCUT2D eigenvalue weighted by Crippen LogP contribution is -2.05. The van der Waals surface area contributed by atoms with Gasteiger partial charge in [0.05, 0.1) is 5.52 Å². The number of hydrogen-bond acceptors (Lipinski definition) is 2. The van der Waals surface area contributed by atoms with Crippen LogP contribution in [0.5, 0.6) is 5.75 Å². The highest BCUT2D eigenvalue weighted by Gasteiger charge is 2.09. The van der Waals surface area contributed by atoms with Crippen molar-refractivity contribution in [2.45, 2.75) is 20.4 Å². The molecule has 80 valence electrons. The molecule has 3 nitrogen and oxygen atoms in total. The Morgan fingerprint density at radius 1 is 1.47 bits per heavy atom. The van der Waals surface area contributed by atoms with E-state index in [1.807, 2.05) is 4.68 Å². The third-order valence-corrected chi connectivity index (χ3v) is 2.51. The molecule has 2 rings (SSSR count). The van der Waals surface area contributed by atoms with Crippen LogP contribution in [0.3, 0.4) is 0 Å². The Bertz CT molecular complexity index is 491. The van der Waals surface area contributed by atoms with Crippen LogP contribution >= 0.6 is 11.6 Å². The molecule has 2 aromatic rings. The first kappa shape index (κ1) is 10.3. The second kappa shape index (κ2) is 3.74. The predicted molar refractivity (Wildman–Crippen MR) is 61.2 cm³/mol. The monoisotopic (exact) mass is 224 g/mol. The fourth-order valence-electron chi connectivity index (χ4n) is 1.61. The molecule has 15 heavy (non-hydrogen) atoms. The molecule has 1 aromatic heterocycles. The lowest BCUT2D eigenvalue weighted by molar-refractivity contribution is 0.473. The van der Waals surface area contributed by atoms with Crippen LogP contribution in [0.25, 0.3) is 10.9 Å². The zero-order valence-electron chi connectivity index (χ0n) is 8.74. The van der Waals surface area contributed by atoms with Crippen LogP contribution in [0.4, 0.5) is 0 Å². The first-order valence-electron chi connectivity index (χ1n) is 4.93. The molecule has 0 atom stereocenters.